The molecule has 144 valence electrons. The van der Waals surface area contributed by atoms with Crippen LogP contribution >= 0.6 is 24.0 Å². The lowest BCUT2D eigenvalue weighted by atomic mass is 10.1. The van der Waals surface area contributed by atoms with E-state index in [1.54, 1.807) is 31.3 Å². The first-order chi connectivity index (χ1) is 11.8. The summed E-state index contributed by atoms with van der Waals surface area (Å²) in [6, 6.07) is 6.90. The van der Waals surface area contributed by atoms with Gasteiger partial charge in [0.2, 0.25) is 21.9 Å². The maximum Gasteiger partial charge on any atom is 0.241 e. The van der Waals surface area contributed by atoms with Gasteiger partial charge in [-0.3, -0.25) is 0 Å². The van der Waals surface area contributed by atoms with Crippen molar-refractivity contribution in [2.24, 2.45) is 0 Å². The van der Waals surface area contributed by atoms with Crippen molar-refractivity contribution in [1.82, 2.24) is 19.5 Å². The molecular formula is C15H22Cl2N6O2S. The minimum atomic E-state index is -3.41. The molecule has 2 aromatic rings. The number of halogens is 2. The zero-order valence-corrected chi connectivity index (χ0v) is 16.7. The normalized spacial score (nSPS) is 15.9. The minimum Gasteiger partial charge on any atom is -0.366 e. The molecule has 1 aliphatic rings. The highest BCUT2D eigenvalue weighted by atomic mass is 35.5. The van der Waals surface area contributed by atoms with Crippen molar-refractivity contribution in [2.45, 2.75) is 24.6 Å². The van der Waals surface area contributed by atoms with Crippen LogP contribution in [-0.4, -0.2) is 54.1 Å². The Kier molecular flexibility index (Phi) is 6.73. The molecule has 3 N–H and O–H groups in total. The van der Waals surface area contributed by atoms with Crippen molar-refractivity contribution in [3.8, 4) is 0 Å². The van der Waals surface area contributed by atoms with Crippen molar-refractivity contribution >= 4 is 45.9 Å². The third-order valence-corrected chi connectivity index (χ3v) is 6.55. The van der Waals surface area contributed by atoms with Crippen molar-refractivity contribution in [1.29, 1.82) is 0 Å². The average Bonchev–Trinajstić information content (AvgIpc) is 3.00. The third kappa shape index (κ3) is 4.79. The molecule has 1 aliphatic heterocycles. The second-order valence-corrected chi connectivity index (χ2v) is 8.60. The second kappa shape index (κ2) is 8.43. The van der Waals surface area contributed by atoms with Crippen LogP contribution in [0.3, 0.4) is 0 Å². The van der Waals surface area contributed by atoms with E-state index in [1.807, 2.05) is 4.90 Å². The molecule has 0 bridgehead atoms. The Hall–Kier alpha value is -1.55. The minimum absolute atomic E-state index is 0. The van der Waals surface area contributed by atoms with Crippen LogP contribution in [0.4, 0.5) is 11.9 Å². The van der Waals surface area contributed by atoms with Gasteiger partial charge in [-0.05, 0) is 30.5 Å². The number of piperidine rings is 1. The molecule has 26 heavy (non-hydrogen) atoms. The molecule has 0 radical (unpaired) electrons. The van der Waals surface area contributed by atoms with Gasteiger partial charge in [0.1, 0.15) is 0 Å². The van der Waals surface area contributed by atoms with Gasteiger partial charge in [-0.15, -0.1) is 17.5 Å². The van der Waals surface area contributed by atoms with Gasteiger partial charge in [0.05, 0.1) is 5.75 Å². The number of hydrogen-bond acceptors (Lipinski definition) is 6. The molecule has 1 aromatic carbocycles. The molecule has 0 atom stereocenters. The van der Waals surface area contributed by atoms with E-state index in [9.17, 15) is 8.42 Å². The highest BCUT2D eigenvalue weighted by Gasteiger charge is 2.30. The van der Waals surface area contributed by atoms with E-state index in [-0.39, 0.29) is 30.2 Å². The fraction of sp³-hybridized carbons (Fsp3) is 0.467. The Morgan fingerprint density at radius 1 is 1.38 bits per heavy atom. The standard InChI is InChI=1S/C15H21ClN6O2S.ClH/c1-21(25(23,24)10-11-3-2-4-12(16)9-11)13-5-7-22(8-6-13)15-18-14(17)19-20-15;/h2-4,9,13H,5-8,10H2,1H3,(H3,17,18,19,20);1H. The van der Waals surface area contributed by atoms with E-state index in [0.29, 0.717) is 42.5 Å². The maximum absolute atomic E-state index is 12.7. The van der Waals surface area contributed by atoms with Crippen molar-refractivity contribution in [3.63, 3.8) is 0 Å². The van der Waals surface area contributed by atoms with Gasteiger partial charge in [-0.25, -0.2) is 17.8 Å². The van der Waals surface area contributed by atoms with Gasteiger partial charge >= 0.3 is 0 Å². The third-order valence-electron chi connectivity index (χ3n) is 4.45. The van der Waals surface area contributed by atoms with Gasteiger partial charge < -0.3 is 10.6 Å². The number of rotatable bonds is 5. The van der Waals surface area contributed by atoms with Crippen molar-refractivity contribution < 1.29 is 8.42 Å². The summed E-state index contributed by atoms with van der Waals surface area (Å²) in [5, 5.41) is 7.14. The molecule has 0 saturated carbocycles. The number of nitrogens with one attached hydrogen (secondary N) is 1. The van der Waals surface area contributed by atoms with Gasteiger partial charge in [0, 0.05) is 31.2 Å². The lowest BCUT2D eigenvalue weighted by Gasteiger charge is -2.35. The van der Waals surface area contributed by atoms with Gasteiger partial charge in [0.25, 0.3) is 0 Å². The molecule has 0 aliphatic carbocycles. The fourth-order valence-corrected chi connectivity index (χ4v) is 4.70. The molecule has 1 fully saturated rings. The van der Waals surface area contributed by atoms with Crippen LogP contribution in [0.1, 0.15) is 18.4 Å². The summed E-state index contributed by atoms with van der Waals surface area (Å²) in [5.74, 6) is 0.779. The van der Waals surface area contributed by atoms with E-state index in [1.165, 1.54) is 4.31 Å². The summed E-state index contributed by atoms with van der Waals surface area (Å²) in [6.07, 6.45) is 1.43. The molecule has 8 nitrogen and oxygen atoms in total. The summed E-state index contributed by atoms with van der Waals surface area (Å²) in [7, 11) is -1.76. The number of aromatic nitrogens is 3. The smallest absolute Gasteiger partial charge is 0.241 e. The van der Waals surface area contributed by atoms with E-state index in [4.69, 9.17) is 17.3 Å². The van der Waals surface area contributed by atoms with Crippen molar-refractivity contribution in [3.05, 3.63) is 34.9 Å². The number of nitrogen functional groups attached to an aromatic ring is 1. The van der Waals surface area contributed by atoms with E-state index in [0.717, 1.165) is 0 Å². The number of anilines is 2. The Bertz CT molecular complexity index is 836. The predicted octanol–water partition coefficient (Wildman–Crippen LogP) is 1.89. The SMILES string of the molecule is CN(C1CCN(c2nc(N)n[nH]2)CC1)S(=O)(=O)Cc1cccc(Cl)c1.Cl. The number of sulfonamides is 1. The van der Waals surface area contributed by atoms with Gasteiger partial charge in [0.15, 0.2) is 0 Å². The Morgan fingerprint density at radius 2 is 2.08 bits per heavy atom. The summed E-state index contributed by atoms with van der Waals surface area (Å²) < 4.78 is 26.9. The lowest BCUT2D eigenvalue weighted by Crippen LogP contribution is -2.46. The van der Waals surface area contributed by atoms with Crippen LogP contribution in [0.2, 0.25) is 5.02 Å². The Labute approximate surface area is 164 Å². The second-order valence-electron chi connectivity index (χ2n) is 6.14. The zero-order chi connectivity index (χ0) is 18.0. The van der Waals surface area contributed by atoms with Crippen LogP contribution < -0.4 is 10.6 Å². The summed E-state index contributed by atoms with van der Waals surface area (Å²) in [6.45, 7) is 1.38. The van der Waals surface area contributed by atoms with Crippen LogP contribution in [0.25, 0.3) is 0 Å². The molecule has 0 amide bonds. The summed E-state index contributed by atoms with van der Waals surface area (Å²) in [5.41, 5.74) is 6.21. The summed E-state index contributed by atoms with van der Waals surface area (Å²) >= 11 is 5.94. The number of nitrogens with two attached hydrogens (primary N) is 1. The zero-order valence-electron chi connectivity index (χ0n) is 14.3. The quantitative estimate of drug-likeness (QED) is 0.764. The Balaban J connectivity index is 0.00000243. The van der Waals surface area contributed by atoms with E-state index >= 15 is 0 Å². The van der Waals surface area contributed by atoms with Crippen molar-refractivity contribution in [2.75, 3.05) is 30.8 Å². The monoisotopic (exact) mass is 420 g/mol. The molecule has 0 spiro atoms. The number of benzene rings is 1. The topological polar surface area (TPSA) is 108 Å². The maximum atomic E-state index is 12.7. The molecule has 2 heterocycles. The van der Waals surface area contributed by atoms with Gasteiger partial charge in [-0.2, -0.15) is 4.98 Å². The molecule has 1 saturated heterocycles. The van der Waals surface area contributed by atoms with Crippen LogP contribution in [-0.2, 0) is 15.8 Å². The first-order valence-corrected chi connectivity index (χ1v) is 9.97. The summed E-state index contributed by atoms with van der Waals surface area (Å²) in [4.78, 5) is 6.13. The highest BCUT2D eigenvalue weighted by molar-refractivity contribution is 7.88. The number of nitrogens with zero attached hydrogens (tertiary/aromatic N) is 4. The predicted molar refractivity (Wildman–Crippen MR) is 105 cm³/mol. The number of aromatic amines is 1. The Morgan fingerprint density at radius 3 is 2.65 bits per heavy atom. The first-order valence-electron chi connectivity index (χ1n) is 7.98. The molecular weight excluding hydrogens is 399 g/mol. The first kappa shape index (κ1) is 20.8. The van der Waals surface area contributed by atoms with Gasteiger partial charge in [-0.1, -0.05) is 23.7 Å². The van der Waals surface area contributed by atoms with Crippen LogP contribution in [0.5, 0.6) is 0 Å². The van der Waals surface area contributed by atoms with E-state index < -0.39 is 10.0 Å². The highest BCUT2D eigenvalue weighted by Crippen LogP contribution is 2.23. The van der Waals surface area contributed by atoms with Crippen LogP contribution in [0.15, 0.2) is 24.3 Å². The number of hydrogen-bond donors (Lipinski definition) is 2. The largest absolute Gasteiger partial charge is 0.366 e. The molecule has 0 unspecified atom stereocenters. The molecule has 3 rings (SSSR count). The fourth-order valence-electron chi connectivity index (χ4n) is 3.01. The van der Waals surface area contributed by atoms with E-state index in [2.05, 4.69) is 15.2 Å². The van der Waals surface area contributed by atoms with Crippen LogP contribution in [0, 0.1) is 0 Å². The lowest BCUT2D eigenvalue weighted by molar-refractivity contribution is 0.310. The number of H-pyrrole nitrogens is 1. The molecule has 1 aromatic heterocycles. The average molecular weight is 421 g/mol. The molecule has 11 heteroatoms.